The molecule has 7 nitrogen and oxygen atoms in total. The number of halogens is 4. The summed E-state index contributed by atoms with van der Waals surface area (Å²) < 4.78 is 80.3. The molecule has 0 saturated heterocycles. The van der Waals surface area contributed by atoms with Crippen molar-refractivity contribution in [3.63, 3.8) is 0 Å². The molecule has 212 valence electrons. The number of carbonyl (C=O) groups is 1. The first-order valence-corrected chi connectivity index (χ1v) is 13.5. The summed E-state index contributed by atoms with van der Waals surface area (Å²) in [6, 6.07) is 8.59. The number of nitrogens with zero attached hydrogens (tertiary/aromatic N) is 1. The first kappa shape index (κ1) is 31.7. The number of aliphatic hydroxyl groups excluding tert-OH is 1. The fourth-order valence-electron chi connectivity index (χ4n) is 3.92. The number of β-amino-alcohol motifs (C(OH)–C–C–N with tert-alkyl or cyclic N) is 1. The molecule has 2 aromatic carbocycles. The van der Waals surface area contributed by atoms with E-state index in [2.05, 4.69) is 5.32 Å². The number of benzene rings is 2. The van der Waals surface area contributed by atoms with Crippen molar-refractivity contribution in [3.05, 3.63) is 65.0 Å². The highest BCUT2D eigenvalue weighted by molar-refractivity contribution is 7.89. The second kappa shape index (κ2) is 13.0. The van der Waals surface area contributed by atoms with Crippen molar-refractivity contribution in [2.45, 2.75) is 68.7 Å². The summed E-state index contributed by atoms with van der Waals surface area (Å²) in [5.74, 6) is -1.53. The molecule has 0 aliphatic rings. The van der Waals surface area contributed by atoms with Gasteiger partial charge in [0.25, 0.3) is 0 Å². The zero-order valence-corrected chi connectivity index (χ0v) is 22.4. The van der Waals surface area contributed by atoms with Crippen LogP contribution >= 0.6 is 0 Å². The van der Waals surface area contributed by atoms with E-state index >= 15 is 0 Å². The zero-order valence-electron chi connectivity index (χ0n) is 21.6. The summed E-state index contributed by atoms with van der Waals surface area (Å²) in [5, 5.41) is 22.5. The fourth-order valence-corrected chi connectivity index (χ4v) is 5.22. The van der Waals surface area contributed by atoms with Gasteiger partial charge in [-0.15, -0.1) is 0 Å². The van der Waals surface area contributed by atoms with E-state index in [-0.39, 0.29) is 30.9 Å². The van der Waals surface area contributed by atoms with Gasteiger partial charge in [-0.25, -0.2) is 12.8 Å². The summed E-state index contributed by atoms with van der Waals surface area (Å²) in [6.45, 7) is 3.47. The third kappa shape index (κ3) is 9.97. The van der Waals surface area contributed by atoms with Crippen LogP contribution in [0.15, 0.2) is 47.4 Å². The van der Waals surface area contributed by atoms with Gasteiger partial charge >= 0.3 is 12.1 Å². The molecule has 0 heterocycles. The molecule has 0 aromatic heterocycles. The lowest BCUT2D eigenvalue weighted by molar-refractivity contribution is -0.138. The van der Waals surface area contributed by atoms with E-state index in [4.69, 9.17) is 5.11 Å². The maximum Gasteiger partial charge on any atom is 0.416 e. The third-order valence-corrected chi connectivity index (χ3v) is 7.87. The van der Waals surface area contributed by atoms with Gasteiger partial charge < -0.3 is 15.5 Å². The van der Waals surface area contributed by atoms with Crippen molar-refractivity contribution in [1.29, 1.82) is 0 Å². The first-order chi connectivity index (χ1) is 17.5. The predicted octanol–water partition coefficient (Wildman–Crippen LogP) is 4.23. The quantitative estimate of drug-likeness (QED) is 0.298. The van der Waals surface area contributed by atoms with Crippen molar-refractivity contribution in [1.82, 2.24) is 9.62 Å². The summed E-state index contributed by atoms with van der Waals surface area (Å²) in [4.78, 5) is 10.2. The van der Waals surface area contributed by atoms with Crippen LogP contribution in [0.1, 0.15) is 49.8 Å². The Morgan fingerprint density at radius 3 is 2.37 bits per heavy atom. The molecule has 0 bridgehead atoms. The summed E-state index contributed by atoms with van der Waals surface area (Å²) in [5.41, 5.74) is -0.828. The molecule has 12 heteroatoms. The number of hydrogen-bond donors (Lipinski definition) is 3. The van der Waals surface area contributed by atoms with E-state index in [9.17, 15) is 35.9 Å². The highest BCUT2D eigenvalue weighted by Crippen LogP contribution is 2.32. The van der Waals surface area contributed by atoms with Crippen LogP contribution in [0.2, 0.25) is 0 Å². The van der Waals surface area contributed by atoms with Gasteiger partial charge in [-0.3, -0.25) is 4.79 Å². The normalized spacial score (nSPS) is 13.6. The van der Waals surface area contributed by atoms with Gasteiger partial charge in [0.15, 0.2) is 0 Å². The largest absolute Gasteiger partial charge is 0.481 e. The number of nitrogens with one attached hydrogen (secondary N) is 1. The lowest BCUT2D eigenvalue weighted by atomic mass is 9.95. The second-order valence-corrected chi connectivity index (χ2v) is 12.0. The van der Waals surface area contributed by atoms with E-state index in [1.165, 1.54) is 12.1 Å². The summed E-state index contributed by atoms with van der Waals surface area (Å²) in [7, 11) is -3.26. The van der Waals surface area contributed by atoms with E-state index < -0.39 is 50.7 Å². The molecule has 0 fully saturated rings. The summed E-state index contributed by atoms with van der Waals surface area (Å²) >= 11 is 0. The van der Waals surface area contributed by atoms with Gasteiger partial charge in [-0.1, -0.05) is 12.1 Å². The number of carboxylic acids is 1. The zero-order chi connectivity index (χ0) is 28.7. The molecule has 0 aliphatic heterocycles. The Bertz CT molecular complexity index is 1200. The Hall–Kier alpha value is -2.54. The highest BCUT2D eigenvalue weighted by atomic mass is 32.2. The minimum atomic E-state index is -4.83. The van der Waals surface area contributed by atoms with E-state index in [0.29, 0.717) is 18.9 Å². The Kier molecular flexibility index (Phi) is 10.8. The van der Waals surface area contributed by atoms with Crippen LogP contribution in [0.4, 0.5) is 17.6 Å². The molecular weight excluding hydrogens is 528 g/mol. The maximum atomic E-state index is 13.4. The summed E-state index contributed by atoms with van der Waals surface area (Å²) in [6.07, 6.45) is -4.62. The van der Waals surface area contributed by atoms with Crippen molar-refractivity contribution >= 4 is 16.0 Å². The van der Waals surface area contributed by atoms with Gasteiger partial charge in [0, 0.05) is 32.1 Å². The van der Waals surface area contributed by atoms with Gasteiger partial charge in [-0.2, -0.15) is 17.5 Å². The Morgan fingerprint density at radius 2 is 1.76 bits per heavy atom. The van der Waals surface area contributed by atoms with Crippen molar-refractivity contribution < 1.29 is 41.0 Å². The number of carboxylic acid groups (broad SMARTS) is 1. The number of aryl methyl sites for hydroxylation is 2. The van der Waals surface area contributed by atoms with E-state index in [1.807, 2.05) is 19.9 Å². The smallest absolute Gasteiger partial charge is 0.416 e. The molecule has 3 N–H and O–H groups in total. The number of sulfonamides is 1. The number of alkyl halides is 3. The molecule has 0 aliphatic carbocycles. The molecule has 38 heavy (non-hydrogen) atoms. The van der Waals surface area contributed by atoms with Crippen LogP contribution in [0.25, 0.3) is 0 Å². The van der Waals surface area contributed by atoms with Crippen molar-refractivity contribution in [2.75, 3.05) is 20.1 Å². The van der Waals surface area contributed by atoms with Crippen LogP contribution in [-0.2, 0) is 33.8 Å². The Balaban J connectivity index is 2.01. The van der Waals surface area contributed by atoms with Gasteiger partial charge in [-0.05, 0) is 81.0 Å². The molecule has 0 amide bonds. The van der Waals surface area contributed by atoms with Crippen molar-refractivity contribution in [2.24, 2.45) is 0 Å². The Morgan fingerprint density at radius 1 is 1.08 bits per heavy atom. The van der Waals surface area contributed by atoms with E-state index in [1.54, 1.807) is 6.07 Å². The number of aliphatic hydroxyl groups is 1. The second-order valence-electron chi connectivity index (χ2n) is 9.94. The number of likely N-dealkylation sites (N-methyl/N-ethyl adjacent to an activating group) is 1. The molecular formula is C26H34F4N2O5S. The minimum Gasteiger partial charge on any atom is -0.481 e. The van der Waals surface area contributed by atoms with Crippen LogP contribution in [0, 0.1) is 5.82 Å². The third-order valence-electron chi connectivity index (χ3n) is 6.07. The van der Waals surface area contributed by atoms with Crippen molar-refractivity contribution in [3.8, 4) is 0 Å². The predicted molar refractivity (Wildman–Crippen MR) is 135 cm³/mol. The average molecular weight is 563 g/mol. The number of rotatable bonds is 14. The number of aliphatic carboxylic acids is 1. The maximum absolute atomic E-state index is 13.4. The number of hydrogen-bond acceptors (Lipinski definition) is 5. The molecule has 1 atom stereocenters. The van der Waals surface area contributed by atoms with Gasteiger partial charge in [0.2, 0.25) is 10.0 Å². The molecule has 2 aromatic rings. The van der Waals surface area contributed by atoms with Crippen LogP contribution < -0.4 is 5.32 Å². The van der Waals surface area contributed by atoms with Crippen LogP contribution in [0.3, 0.4) is 0 Å². The van der Waals surface area contributed by atoms with Gasteiger partial charge in [0.1, 0.15) is 5.82 Å². The molecule has 0 saturated carbocycles. The van der Waals surface area contributed by atoms with Crippen LogP contribution in [0.5, 0.6) is 0 Å². The SMILES string of the molecule is CN(CC(O)CNC(C)(C)CCCc1cccc(F)c1)S(=O)(=O)c1cc(CCC(=O)O)cc(C(F)(F)F)c1. The monoisotopic (exact) mass is 562 g/mol. The van der Waals surface area contributed by atoms with Gasteiger partial charge in [0.05, 0.1) is 16.6 Å². The van der Waals surface area contributed by atoms with E-state index in [0.717, 1.165) is 35.5 Å². The molecule has 0 spiro atoms. The lowest BCUT2D eigenvalue weighted by Crippen LogP contribution is -2.46. The fraction of sp³-hybridized carbons (Fsp3) is 0.500. The molecule has 2 rings (SSSR count). The standard InChI is InChI=1S/C26H34F4N2O5S/c1-25(2,11-5-7-18-6-4-8-21(27)13-18)31-16-22(33)17-32(3)38(36,37)23-14-19(9-10-24(34)35)12-20(15-23)26(28,29)30/h4,6,8,12-15,22,31,33H,5,7,9-11,16-17H2,1-3H3,(H,34,35). The first-order valence-electron chi connectivity index (χ1n) is 12.1. The lowest BCUT2D eigenvalue weighted by Gasteiger charge is -2.29. The Labute approximate surface area is 220 Å². The topological polar surface area (TPSA) is 107 Å². The molecule has 1 unspecified atom stereocenters. The average Bonchev–Trinajstić information content (AvgIpc) is 2.80. The highest BCUT2D eigenvalue weighted by Gasteiger charge is 2.34. The van der Waals surface area contributed by atoms with Crippen LogP contribution in [-0.4, -0.2) is 60.7 Å². The minimum absolute atomic E-state index is 0.0271. The molecule has 0 radical (unpaired) electrons.